The van der Waals surface area contributed by atoms with Crippen LogP contribution in [-0.2, 0) is 4.84 Å². The largest absolute Gasteiger partial charge is 0.434 e. The molecule has 122 valence electrons. The monoisotopic (exact) mass is 322 g/mol. The number of oxime groups is 1. The van der Waals surface area contributed by atoms with Gasteiger partial charge in [0.05, 0.1) is 0 Å². The Kier molecular flexibility index (Phi) is 5.29. The second kappa shape index (κ2) is 7.19. The number of benzene rings is 1. The number of hydrogen-bond acceptors (Lipinski definition) is 4. The Morgan fingerprint density at radius 3 is 2.14 bits per heavy atom. The maximum atomic E-state index is 12.4. The summed E-state index contributed by atoms with van der Waals surface area (Å²) in [5.41, 5.74) is 5.32. The van der Waals surface area contributed by atoms with Crippen LogP contribution in [0.1, 0.15) is 18.4 Å². The molecule has 0 saturated heterocycles. The van der Waals surface area contributed by atoms with E-state index in [-0.39, 0.29) is 11.4 Å². The predicted molar refractivity (Wildman–Crippen MR) is 69.1 cm³/mol. The minimum Gasteiger partial charge on any atom is -0.434 e. The molecule has 0 amide bonds. The van der Waals surface area contributed by atoms with Gasteiger partial charge in [-0.15, -0.1) is 0 Å². The Balaban J connectivity index is 2.25. The summed E-state index contributed by atoms with van der Waals surface area (Å²) in [7, 11) is 0. The molecule has 1 fully saturated rings. The molecule has 1 aliphatic rings. The minimum absolute atomic E-state index is 0.307. The van der Waals surface area contributed by atoms with Crippen molar-refractivity contribution < 1.29 is 31.9 Å². The van der Waals surface area contributed by atoms with E-state index in [2.05, 4.69) is 14.6 Å². The third-order valence-corrected chi connectivity index (χ3v) is 2.85. The van der Waals surface area contributed by atoms with Crippen molar-refractivity contribution in [2.45, 2.75) is 26.1 Å². The molecule has 0 spiro atoms. The van der Waals surface area contributed by atoms with E-state index in [9.17, 15) is 17.6 Å². The summed E-state index contributed by atoms with van der Waals surface area (Å²) in [5.74, 6) is -0.845. The smallest absolute Gasteiger partial charge is 0.387 e. The Hall–Kier alpha value is -2.19. The summed E-state index contributed by atoms with van der Waals surface area (Å²) in [6.07, 6.45) is 2.03. The topological polar surface area (TPSA) is 66.1 Å². The maximum absolute atomic E-state index is 12.4. The van der Waals surface area contributed by atoms with Crippen LogP contribution >= 0.6 is 0 Å². The summed E-state index contributed by atoms with van der Waals surface area (Å²) in [6, 6.07) is 3.50. The highest BCUT2D eigenvalue weighted by Gasteiger charge is 2.23. The first kappa shape index (κ1) is 16.2. The van der Waals surface area contributed by atoms with E-state index in [0.29, 0.717) is 12.5 Å². The molecule has 5 nitrogen and oxygen atoms in total. The molecular formula is C13H14F4N2O3. The molecular weight excluding hydrogens is 308 g/mol. The van der Waals surface area contributed by atoms with E-state index < -0.39 is 24.7 Å². The van der Waals surface area contributed by atoms with Gasteiger partial charge in [-0.05, 0) is 30.9 Å². The number of alkyl halides is 4. The molecule has 0 aliphatic heterocycles. The number of hydrogen-bond donors (Lipinski definition) is 1. The van der Waals surface area contributed by atoms with Crippen LogP contribution in [0, 0.1) is 5.92 Å². The lowest BCUT2D eigenvalue weighted by Crippen LogP contribution is -2.19. The first-order valence-electron chi connectivity index (χ1n) is 6.45. The lowest BCUT2D eigenvalue weighted by atomic mass is 10.1. The highest BCUT2D eigenvalue weighted by Crippen LogP contribution is 2.31. The molecule has 22 heavy (non-hydrogen) atoms. The molecule has 0 bridgehead atoms. The molecule has 2 N–H and O–H groups in total. The van der Waals surface area contributed by atoms with Gasteiger partial charge in [0, 0.05) is 0 Å². The Morgan fingerprint density at radius 2 is 1.68 bits per heavy atom. The van der Waals surface area contributed by atoms with Gasteiger partial charge in [0.2, 0.25) is 0 Å². The van der Waals surface area contributed by atoms with E-state index in [1.165, 1.54) is 6.07 Å². The van der Waals surface area contributed by atoms with Crippen LogP contribution in [0.25, 0.3) is 0 Å². The van der Waals surface area contributed by atoms with Crippen molar-refractivity contribution in [3.8, 4) is 11.5 Å². The van der Waals surface area contributed by atoms with Crippen molar-refractivity contribution in [1.82, 2.24) is 0 Å². The summed E-state index contributed by atoms with van der Waals surface area (Å²) in [5, 5.41) is 3.56. The molecule has 1 aliphatic carbocycles. The Morgan fingerprint density at radius 1 is 1.14 bits per heavy atom. The van der Waals surface area contributed by atoms with E-state index in [1.807, 2.05) is 0 Å². The molecule has 9 heteroatoms. The van der Waals surface area contributed by atoms with Gasteiger partial charge in [-0.2, -0.15) is 17.6 Å². The molecule has 1 aromatic carbocycles. The average Bonchev–Trinajstić information content (AvgIpc) is 3.21. The number of nitrogens with zero attached hydrogens (tertiary/aromatic N) is 1. The highest BCUT2D eigenvalue weighted by molar-refractivity contribution is 6.02. The van der Waals surface area contributed by atoms with Crippen LogP contribution in [0.3, 0.4) is 0 Å². The Labute approximate surface area is 123 Å². The molecule has 0 unspecified atom stereocenters. The summed E-state index contributed by atoms with van der Waals surface area (Å²) >= 11 is 0. The fourth-order valence-corrected chi connectivity index (χ4v) is 1.69. The summed E-state index contributed by atoms with van der Waals surface area (Å²) < 4.78 is 58.1. The zero-order chi connectivity index (χ0) is 16.1. The first-order valence-corrected chi connectivity index (χ1v) is 6.45. The van der Waals surface area contributed by atoms with Crippen LogP contribution in [0.2, 0.25) is 0 Å². The van der Waals surface area contributed by atoms with Crippen LogP contribution in [0.4, 0.5) is 17.6 Å². The van der Waals surface area contributed by atoms with E-state index in [4.69, 9.17) is 10.6 Å². The Bertz CT molecular complexity index is 508. The lowest BCUT2D eigenvalue weighted by molar-refractivity contribution is -0.0545. The van der Waals surface area contributed by atoms with Crippen molar-refractivity contribution in [1.29, 1.82) is 0 Å². The second-order valence-corrected chi connectivity index (χ2v) is 4.60. The van der Waals surface area contributed by atoms with Gasteiger partial charge >= 0.3 is 13.2 Å². The summed E-state index contributed by atoms with van der Waals surface area (Å²) in [4.78, 5) is 4.97. The van der Waals surface area contributed by atoms with Crippen molar-refractivity contribution >= 4 is 5.84 Å². The predicted octanol–water partition coefficient (Wildman–Crippen LogP) is 2.94. The molecule has 0 aromatic heterocycles. The van der Waals surface area contributed by atoms with Gasteiger partial charge < -0.3 is 20.0 Å². The number of halogens is 4. The van der Waals surface area contributed by atoms with E-state index in [1.54, 1.807) is 0 Å². The zero-order valence-electron chi connectivity index (χ0n) is 11.3. The molecule has 0 heterocycles. The van der Waals surface area contributed by atoms with Crippen LogP contribution in [-0.4, -0.2) is 25.7 Å². The number of ether oxygens (including phenoxy) is 2. The number of rotatable bonds is 8. The van der Waals surface area contributed by atoms with Crippen molar-refractivity contribution in [3.05, 3.63) is 23.8 Å². The highest BCUT2D eigenvalue weighted by atomic mass is 19.3. The van der Waals surface area contributed by atoms with Crippen LogP contribution in [0.15, 0.2) is 23.4 Å². The van der Waals surface area contributed by atoms with Gasteiger partial charge in [-0.25, -0.2) is 0 Å². The third-order valence-electron chi connectivity index (χ3n) is 2.85. The maximum Gasteiger partial charge on any atom is 0.387 e. The van der Waals surface area contributed by atoms with Gasteiger partial charge in [0.15, 0.2) is 5.84 Å². The van der Waals surface area contributed by atoms with E-state index in [0.717, 1.165) is 25.0 Å². The number of amidine groups is 1. The van der Waals surface area contributed by atoms with Crippen LogP contribution in [0.5, 0.6) is 11.5 Å². The first-order chi connectivity index (χ1) is 10.5. The zero-order valence-corrected chi connectivity index (χ0v) is 11.3. The fraction of sp³-hybridized carbons (Fsp3) is 0.462. The molecule has 1 saturated carbocycles. The fourth-order valence-electron chi connectivity index (χ4n) is 1.69. The molecule has 2 rings (SSSR count). The van der Waals surface area contributed by atoms with Gasteiger partial charge in [-0.1, -0.05) is 11.2 Å². The SMILES string of the molecule is NC(=NOCC1CC1)c1c(OC(F)F)cccc1OC(F)F. The van der Waals surface area contributed by atoms with Crippen LogP contribution < -0.4 is 15.2 Å². The van der Waals surface area contributed by atoms with Gasteiger partial charge in [0.1, 0.15) is 23.7 Å². The standard InChI is InChI=1S/C13H14F4N2O3/c14-12(15)21-8-2-1-3-9(22-13(16)17)10(8)11(18)19-20-6-7-4-5-7/h1-3,7,12-13H,4-6H2,(H2,18,19). The molecule has 0 atom stereocenters. The van der Waals surface area contributed by atoms with E-state index >= 15 is 0 Å². The van der Waals surface area contributed by atoms with Gasteiger partial charge in [-0.3, -0.25) is 0 Å². The quantitative estimate of drug-likeness (QED) is 0.346. The summed E-state index contributed by atoms with van der Waals surface area (Å²) in [6.45, 7) is -5.98. The van der Waals surface area contributed by atoms with Crippen molar-refractivity contribution in [3.63, 3.8) is 0 Å². The molecule has 1 aromatic rings. The van der Waals surface area contributed by atoms with Crippen molar-refractivity contribution in [2.75, 3.05) is 6.61 Å². The average molecular weight is 322 g/mol. The van der Waals surface area contributed by atoms with Gasteiger partial charge in [0.25, 0.3) is 0 Å². The van der Waals surface area contributed by atoms with Crippen molar-refractivity contribution in [2.24, 2.45) is 16.8 Å². The molecule has 0 radical (unpaired) electrons. The lowest BCUT2D eigenvalue weighted by Gasteiger charge is -2.14. The minimum atomic E-state index is -3.15. The number of nitrogens with two attached hydrogens (primary N) is 1. The normalized spacial score (nSPS) is 15.3. The third kappa shape index (κ3) is 4.68. The second-order valence-electron chi connectivity index (χ2n) is 4.60.